The average molecular weight is 328 g/mol. The molecule has 0 bridgehead atoms. The van der Waals surface area contributed by atoms with E-state index in [1.54, 1.807) is 19.2 Å². The van der Waals surface area contributed by atoms with Gasteiger partial charge < -0.3 is 15.0 Å². The van der Waals surface area contributed by atoms with Crippen molar-refractivity contribution in [1.82, 2.24) is 10.2 Å². The van der Waals surface area contributed by atoms with Crippen molar-refractivity contribution in [3.05, 3.63) is 65.5 Å². The summed E-state index contributed by atoms with van der Waals surface area (Å²) >= 11 is 0. The van der Waals surface area contributed by atoms with Crippen LogP contribution in [0.25, 0.3) is 0 Å². The number of urea groups is 1. The molecule has 1 aliphatic rings. The maximum atomic E-state index is 12.9. The molecule has 1 unspecified atom stereocenters. The van der Waals surface area contributed by atoms with E-state index in [0.717, 1.165) is 36.3 Å². The van der Waals surface area contributed by atoms with Crippen molar-refractivity contribution < 1.29 is 13.9 Å². The highest BCUT2D eigenvalue weighted by molar-refractivity contribution is 5.75. The molecule has 0 spiro atoms. The fourth-order valence-corrected chi connectivity index (χ4v) is 3.06. The van der Waals surface area contributed by atoms with E-state index in [2.05, 4.69) is 5.32 Å². The first-order valence-electron chi connectivity index (χ1n) is 8.10. The number of amides is 2. The van der Waals surface area contributed by atoms with E-state index in [4.69, 9.17) is 4.74 Å². The standard InChI is InChI=1S/C19H21FN2O2/c1-24-17-10-6-15(7-11-17)18-3-2-12-22(18)19(23)21-13-14-4-8-16(20)9-5-14/h4-11,18H,2-3,12-13H2,1H3,(H,21,23). The van der Waals surface area contributed by atoms with Crippen LogP contribution in [0, 0.1) is 5.82 Å². The maximum Gasteiger partial charge on any atom is 0.318 e. The Morgan fingerprint density at radius 2 is 1.92 bits per heavy atom. The lowest BCUT2D eigenvalue weighted by Gasteiger charge is -2.25. The number of benzene rings is 2. The van der Waals surface area contributed by atoms with E-state index in [9.17, 15) is 9.18 Å². The Morgan fingerprint density at radius 3 is 2.58 bits per heavy atom. The van der Waals surface area contributed by atoms with Crippen LogP contribution in [0.1, 0.15) is 30.0 Å². The molecule has 0 aromatic heterocycles. The predicted octanol–water partition coefficient (Wildman–Crippen LogP) is 3.88. The van der Waals surface area contributed by atoms with Crippen LogP contribution < -0.4 is 10.1 Å². The number of likely N-dealkylation sites (tertiary alicyclic amines) is 1. The summed E-state index contributed by atoms with van der Waals surface area (Å²) in [4.78, 5) is 14.4. The predicted molar refractivity (Wildman–Crippen MR) is 90.3 cm³/mol. The molecule has 1 heterocycles. The lowest BCUT2D eigenvalue weighted by atomic mass is 10.0. The van der Waals surface area contributed by atoms with Crippen LogP contribution in [0.15, 0.2) is 48.5 Å². The summed E-state index contributed by atoms with van der Waals surface area (Å²) in [5, 5.41) is 2.92. The normalized spacial score (nSPS) is 16.9. The van der Waals surface area contributed by atoms with Gasteiger partial charge in [-0.25, -0.2) is 9.18 Å². The molecule has 0 radical (unpaired) electrons. The molecule has 5 heteroatoms. The average Bonchev–Trinajstić information content (AvgIpc) is 3.11. The minimum Gasteiger partial charge on any atom is -0.497 e. The molecule has 24 heavy (non-hydrogen) atoms. The lowest BCUT2D eigenvalue weighted by Crippen LogP contribution is -2.39. The molecule has 0 saturated carbocycles. The third kappa shape index (κ3) is 3.67. The van der Waals surface area contributed by atoms with Gasteiger partial charge in [0.05, 0.1) is 13.2 Å². The molecule has 1 N–H and O–H groups in total. The van der Waals surface area contributed by atoms with Gasteiger partial charge in [0.25, 0.3) is 0 Å². The first-order valence-corrected chi connectivity index (χ1v) is 8.10. The highest BCUT2D eigenvalue weighted by atomic mass is 19.1. The number of halogens is 1. The zero-order valence-electron chi connectivity index (χ0n) is 13.7. The molecule has 0 aliphatic carbocycles. The van der Waals surface area contributed by atoms with Gasteiger partial charge in [-0.15, -0.1) is 0 Å². The van der Waals surface area contributed by atoms with Gasteiger partial charge in [0.1, 0.15) is 11.6 Å². The van der Waals surface area contributed by atoms with Gasteiger partial charge in [0.2, 0.25) is 0 Å². The second kappa shape index (κ2) is 7.34. The first-order chi connectivity index (χ1) is 11.7. The molecule has 2 amide bonds. The van der Waals surface area contributed by atoms with Gasteiger partial charge in [-0.2, -0.15) is 0 Å². The van der Waals surface area contributed by atoms with E-state index in [0.29, 0.717) is 6.54 Å². The number of carbonyl (C=O) groups excluding carboxylic acids is 1. The van der Waals surface area contributed by atoms with Gasteiger partial charge >= 0.3 is 6.03 Å². The molecule has 1 aliphatic heterocycles. The molecule has 1 atom stereocenters. The van der Waals surface area contributed by atoms with Crippen LogP contribution in [0.5, 0.6) is 5.75 Å². The highest BCUT2D eigenvalue weighted by Crippen LogP contribution is 2.32. The summed E-state index contributed by atoms with van der Waals surface area (Å²) in [6, 6.07) is 14.0. The monoisotopic (exact) mass is 328 g/mol. The van der Waals surface area contributed by atoms with E-state index in [1.165, 1.54) is 12.1 Å². The van der Waals surface area contributed by atoms with Crippen molar-refractivity contribution in [2.75, 3.05) is 13.7 Å². The Hall–Kier alpha value is -2.56. The number of methoxy groups -OCH3 is 1. The fourth-order valence-electron chi connectivity index (χ4n) is 3.06. The maximum absolute atomic E-state index is 12.9. The first kappa shape index (κ1) is 16.3. The topological polar surface area (TPSA) is 41.6 Å². The van der Waals surface area contributed by atoms with Gasteiger partial charge in [0, 0.05) is 13.1 Å². The molecule has 1 saturated heterocycles. The molecule has 1 fully saturated rings. The number of hydrogen-bond acceptors (Lipinski definition) is 2. The Bertz CT molecular complexity index is 686. The van der Waals surface area contributed by atoms with Crippen molar-refractivity contribution in [1.29, 1.82) is 0 Å². The van der Waals surface area contributed by atoms with Crippen molar-refractivity contribution in [2.45, 2.75) is 25.4 Å². The van der Waals surface area contributed by atoms with E-state index >= 15 is 0 Å². The summed E-state index contributed by atoms with van der Waals surface area (Å²) in [7, 11) is 1.64. The quantitative estimate of drug-likeness (QED) is 0.925. The molecule has 4 nitrogen and oxygen atoms in total. The molecule has 3 rings (SSSR count). The van der Waals surface area contributed by atoms with Crippen LogP contribution in [0.2, 0.25) is 0 Å². The summed E-state index contributed by atoms with van der Waals surface area (Å²) in [5.41, 5.74) is 2.00. The summed E-state index contributed by atoms with van der Waals surface area (Å²) < 4.78 is 18.1. The van der Waals surface area contributed by atoms with Crippen LogP contribution in [0.3, 0.4) is 0 Å². The van der Waals surface area contributed by atoms with Gasteiger partial charge in [-0.05, 0) is 48.2 Å². The largest absolute Gasteiger partial charge is 0.497 e. The fraction of sp³-hybridized carbons (Fsp3) is 0.316. The third-order valence-corrected chi connectivity index (χ3v) is 4.37. The van der Waals surface area contributed by atoms with Crippen molar-refractivity contribution in [3.63, 3.8) is 0 Å². The van der Waals surface area contributed by atoms with Crippen molar-refractivity contribution in [2.24, 2.45) is 0 Å². The minimum atomic E-state index is -0.274. The number of ether oxygens (including phenoxy) is 1. The van der Waals surface area contributed by atoms with Crippen LogP contribution in [0.4, 0.5) is 9.18 Å². The van der Waals surface area contributed by atoms with Gasteiger partial charge in [-0.3, -0.25) is 0 Å². The zero-order valence-corrected chi connectivity index (χ0v) is 13.7. The zero-order chi connectivity index (χ0) is 16.9. The second-order valence-electron chi connectivity index (χ2n) is 5.91. The SMILES string of the molecule is COc1ccc(C2CCCN2C(=O)NCc2ccc(F)cc2)cc1. The van der Waals surface area contributed by atoms with Crippen molar-refractivity contribution in [3.8, 4) is 5.75 Å². The summed E-state index contributed by atoms with van der Waals surface area (Å²) in [6.07, 6.45) is 1.94. The van der Waals surface area contributed by atoms with E-state index in [1.807, 2.05) is 29.2 Å². The Kier molecular flexibility index (Phi) is 4.99. The van der Waals surface area contributed by atoms with Crippen LogP contribution in [-0.2, 0) is 6.54 Å². The molecule has 2 aromatic rings. The molecule has 126 valence electrons. The molecular formula is C19H21FN2O2. The lowest BCUT2D eigenvalue weighted by molar-refractivity contribution is 0.192. The van der Waals surface area contributed by atoms with Crippen molar-refractivity contribution >= 4 is 6.03 Å². The van der Waals surface area contributed by atoms with Crippen LogP contribution >= 0.6 is 0 Å². The Morgan fingerprint density at radius 1 is 1.21 bits per heavy atom. The van der Waals surface area contributed by atoms with Gasteiger partial charge in [0.15, 0.2) is 0 Å². The number of carbonyl (C=O) groups is 1. The third-order valence-electron chi connectivity index (χ3n) is 4.37. The summed E-state index contributed by atoms with van der Waals surface area (Å²) in [6.45, 7) is 1.14. The van der Waals surface area contributed by atoms with E-state index < -0.39 is 0 Å². The molecule has 2 aromatic carbocycles. The number of nitrogens with one attached hydrogen (secondary N) is 1. The molecular weight excluding hydrogens is 307 g/mol. The number of hydrogen-bond donors (Lipinski definition) is 1. The Labute approximate surface area is 141 Å². The smallest absolute Gasteiger partial charge is 0.318 e. The number of nitrogens with zero attached hydrogens (tertiary/aromatic N) is 1. The summed E-state index contributed by atoms with van der Waals surface area (Å²) in [5.74, 6) is 0.535. The van der Waals surface area contributed by atoms with Gasteiger partial charge in [-0.1, -0.05) is 24.3 Å². The highest BCUT2D eigenvalue weighted by Gasteiger charge is 2.29. The number of rotatable bonds is 4. The Balaban J connectivity index is 1.63. The van der Waals surface area contributed by atoms with E-state index in [-0.39, 0.29) is 17.9 Å². The minimum absolute atomic E-state index is 0.0855. The van der Waals surface area contributed by atoms with Crippen LogP contribution in [-0.4, -0.2) is 24.6 Å². The second-order valence-corrected chi connectivity index (χ2v) is 5.91.